The van der Waals surface area contributed by atoms with E-state index in [0.717, 1.165) is 22.4 Å². The normalized spacial score (nSPS) is 10.4. The molecule has 0 radical (unpaired) electrons. The number of hydrogen-bond donors (Lipinski definition) is 1. The summed E-state index contributed by atoms with van der Waals surface area (Å²) < 4.78 is 11.3. The standard InChI is InChI=1S/C23H22ClNO3/c1-15-4-7-19(8-5-15)25-23(26)17-6-11-22(27-3)18(13-17)14-28-20-9-10-21(24)16(2)12-20/h4-13H,14H2,1-3H3,(H,25,26). The molecule has 0 fully saturated rings. The molecular weight excluding hydrogens is 374 g/mol. The summed E-state index contributed by atoms with van der Waals surface area (Å²) in [6.45, 7) is 4.20. The van der Waals surface area contributed by atoms with Crippen LogP contribution in [0.5, 0.6) is 11.5 Å². The molecule has 28 heavy (non-hydrogen) atoms. The lowest BCUT2D eigenvalue weighted by Crippen LogP contribution is -2.12. The van der Waals surface area contributed by atoms with Crippen molar-refractivity contribution in [3.63, 3.8) is 0 Å². The molecule has 0 unspecified atom stereocenters. The average molecular weight is 396 g/mol. The number of halogens is 1. The van der Waals surface area contributed by atoms with Gasteiger partial charge >= 0.3 is 0 Å². The molecule has 0 aliphatic carbocycles. The number of carbonyl (C=O) groups excluding carboxylic acids is 1. The van der Waals surface area contributed by atoms with Crippen LogP contribution in [0, 0.1) is 13.8 Å². The van der Waals surface area contributed by atoms with Crippen LogP contribution in [0.1, 0.15) is 27.0 Å². The van der Waals surface area contributed by atoms with Gasteiger partial charge in [-0.3, -0.25) is 4.79 Å². The number of anilines is 1. The summed E-state index contributed by atoms with van der Waals surface area (Å²) >= 11 is 6.06. The maximum atomic E-state index is 12.6. The van der Waals surface area contributed by atoms with Gasteiger partial charge in [-0.2, -0.15) is 0 Å². The lowest BCUT2D eigenvalue weighted by molar-refractivity contribution is 0.102. The van der Waals surface area contributed by atoms with Gasteiger partial charge in [0.15, 0.2) is 0 Å². The van der Waals surface area contributed by atoms with Gasteiger partial charge in [0.2, 0.25) is 0 Å². The van der Waals surface area contributed by atoms with Crippen LogP contribution in [0.25, 0.3) is 0 Å². The molecule has 1 N–H and O–H groups in total. The zero-order chi connectivity index (χ0) is 20.1. The predicted octanol–water partition coefficient (Wildman–Crippen LogP) is 5.80. The number of amides is 1. The minimum atomic E-state index is -0.185. The fourth-order valence-electron chi connectivity index (χ4n) is 2.74. The second-order valence-electron chi connectivity index (χ2n) is 6.55. The molecule has 0 bridgehead atoms. The molecule has 0 aliphatic rings. The van der Waals surface area contributed by atoms with Crippen LogP contribution in [0.2, 0.25) is 5.02 Å². The maximum absolute atomic E-state index is 12.6. The fourth-order valence-corrected chi connectivity index (χ4v) is 2.86. The van der Waals surface area contributed by atoms with Crippen molar-refractivity contribution in [2.75, 3.05) is 12.4 Å². The number of benzene rings is 3. The van der Waals surface area contributed by atoms with Crippen molar-refractivity contribution in [2.24, 2.45) is 0 Å². The highest BCUT2D eigenvalue weighted by molar-refractivity contribution is 6.31. The second-order valence-corrected chi connectivity index (χ2v) is 6.95. The third-order valence-corrected chi connectivity index (χ3v) is 4.80. The third-order valence-electron chi connectivity index (χ3n) is 4.38. The van der Waals surface area contributed by atoms with E-state index >= 15 is 0 Å². The molecule has 3 aromatic rings. The third kappa shape index (κ3) is 4.84. The molecule has 0 heterocycles. The summed E-state index contributed by atoms with van der Waals surface area (Å²) in [6.07, 6.45) is 0. The fraction of sp³-hybridized carbons (Fsp3) is 0.174. The van der Waals surface area contributed by atoms with Gasteiger partial charge in [0.25, 0.3) is 5.91 Å². The first kappa shape index (κ1) is 19.8. The topological polar surface area (TPSA) is 47.6 Å². The molecule has 144 valence electrons. The van der Waals surface area contributed by atoms with E-state index in [0.29, 0.717) is 22.1 Å². The number of ether oxygens (including phenoxy) is 2. The van der Waals surface area contributed by atoms with E-state index in [1.807, 2.05) is 50.2 Å². The number of aryl methyl sites for hydroxylation is 2. The molecule has 0 saturated carbocycles. The Morgan fingerprint density at radius 1 is 1.00 bits per heavy atom. The van der Waals surface area contributed by atoms with E-state index in [-0.39, 0.29) is 12.5 Å². The summed E-state index contributed by atoms with van der Waals surface area (Å²) in [5.41, 5.74) is 4.15. The van der Waals surface area contributed by atoms with Crippen molar-refractivity contribution < 1.29 is 14.3 Å². The molecule has 3 aromatic carbocycles. The van der Waals surface area contributed by atoms with E-state index in [1.165, 1.54) is 0 Å². The SMILES string of the molecule is COc1ccc(C(=O)Nc2ccc(C)cc2)cc1COc1ccc(Cl)c(C)c1. The number of rotatable bonds is 6. The van der Waals surface area contributed by atoms with Crippen LogP contribution < -0.4 is 14.8 Å². The lowest BCUT2D eigenvalue weighted by Gasteiger charge is -2.13. The Balaban J connectivity index is 1.76. The van der Waals surface area contributed by atoms with Crippen molar-refractivity contribution in [1.29, 1.82) is 0 Å². The monoisotopic (exact) mass is 395 g/mol. The van der Waals surface area contributed by atoms with Gasteiger partial charge < -0.3 is 14.8 Å². The van der Waals surface area contributed by atoms with Crippen LogP contribution in [0.3, 0.4) is 0 Å². The smallest absolute Gasteiger partial charge is 0.255 e. The van der Waals surface area contributed by atoms with E-state index in [9.17, 15) is 4.79 Å². The first-order valence-electron chi connectivity index (χ1n) is 8.90. The predicted molar refractivity (Wildman–Crippen MR) is 113 cm³/mol. The van der Waals surface area contributed by atoms with Crippen LogP contribution in [0.15, 0.2) is 60.7 Å². The largest absolute Gasteiger partial charge is 0.496 e. The Hall–Kier alpha value is -2.98. The first-order valence-corrected chi connectivity index (χ1v) is 9.28. The Kier molecular flexibility index (Phi) is 6.22. The molecular formula is C23H22ClNO3. The number of nitrogens with one attached hydrogen (secondary N) is 1. The minimum absolute atomic E-state index is 0.185. The Bertz CT molecular complexity index is 984. The van der Waals surface area contributed by atoms with Gasteiger partial charge in [0.05, 0.1) is 7.11 Å². The van der Waals surface area contributed by atoms with Crippen molar-refractivity contribution >= 4 is 23.2 Å². The highest BCUT2D eigenvalue weighted by atomic mass is 35.5. The highest BCUT2D eigenvalue weighted by Crippen LogP contribution is 2.25. The Labute approximate surface area is 170 Å². The zero-order valence-electron chi connectivity index (χ0n) is 16.1. The molecule has 4 nitrogen and oxygen atoms in total. The van der Waals surface area contributed by atoms with Crippen molar-refractivity contribution in [3.8, 4) is 11.5 Å². The molecule has 0 aliphatic heterocycles. The maximum Gasteiger partial charge on any atom is 0.255 e. The van der Waals surface area contributed by atoms with Crippen molar-refractivity contribution in [2.45, 2.75) is 20.5 Å². The Morgan fingerprint density at radius 3 is 2.43 bits per heavy atom. The van der Waals surface area contributed by atoms with Gasteiger partial charge in [-0.1, -0.05) is 29.3 Å². The summed E-state index contributed by atoms with van der Waals surface area (Å²) in [7, 11) is 1.59. The van der Waals surface area contributed by atoms with Crippen LogP contribution in [-0.2, 0) is 6.61 Å². The van der Waals surface area contributed by atoms with Gasteiger partial charge in [0, 0.05) is 21.8 Å². The number of hydrogen-bond acceptors (Lipinski definition) is 3. The zero-order valence-corrected chi connectivity index (χ0v) is 16.8. The second kappa shape index (κ2) is 8.81. The summed E-state index contributed by atoms with van der Waals surface area (Å²) in [5.74, 6) is 1.19. The van der Waals surface area contributed by atoms with Crippen LogP contribution >= 0.6 is 11.6 Å². The lowest BCUT2D eigenvalue weighted by atomic mass is 10.1. The molecule has 0 atom stereocenters. The van der Waals surface area contributed by atoms with Crippen molar-refractivity contribution in [3.05, 3.63) is 87.9 Å². The molecule has 0 saturated heterocycles. The van der Waals surface area contributed by atoms with E-state index in [4.69, 9.17) is 21.1 Å². The van der Waals surface area contributed by atoms with Gasteiger partial charge in [-0.15, -0.1) is 0 Å². The van der Waals surface area contributed by atoms with Gasteiger partial charge in [0.1, 0.15) is 18.1 Å². The van der Waals surface area contributed by atoms with Crippen molar-refractivity contribution in [1.82, 2.24) is 0 Å². The van der Waals surface area contributed by atoms with Crippen LogP contribution in [0.4, 0.5) is 5.69 Å². The molecule has 3 rings (SSSR count). The van der Waals surface area contributed by atoms with E-state index in [1.54, 1.807) is 31.4 Å². The number of methoxy groups -OCH3 is 1. The molecule has 0 aromatic heterocycles. The number of carbonyl (C=O) groups is 1. The average Bonchev–Trinajstić information content (AvgIpc) is 2.70. The first-order chi connectivity index (χ1) is 13.5. The summed E-state index contributed by atoms with van der Waals surface area (Å²) in [6, 6.07) is 18.5. The molecule has 0 spiro atoms. The molecule has 1 amide bonds. The quantitative estimate of drug-likeness (QED) is 0.574. The minimum Gasteiger partial charge on any atom is -0.496 e. The summed E-state index contributed by atoms with van der Waals surface area (Å²) in [5, 5.41) is 3.60. The van der Waals surface area contributed by atoms with E-state index < -0.39 is 0 Å². The van der Waals surface area contributed by atoms with Gasteiger partial charge in [-0.05, 0) is 67.9 Å². The van der Waals surface area contributed by atoms with Gasteiger partial charge in [-0.25, -0.2) is 0 Å². The van der Waals surface area contributed by atoms with Crippen LogP contribution in [-0.4, -0.2) is 13.0 Å². The van der Waals surface area contributed by atoms with E-state index in [2.05, 4.69) is 5.32 Å². The Morgan fingerprint density at radius 2 is 1.75 bits per heavy atom. The molecule has 5 heteroatoms. The summed E-state index contributed by atoms with van der Waals surface area (Å²) in [4.78, 5) is 12.6. The highest BCUT2D eigenvalue weighted by Gasteiger charge is 2.12.